The van der Waals surface area contributed by atoms with Crippen LogP contribution in [0.5, 0.6) is 0 Å². The van der Waals surface area contributed by atoms with Gasteiger partial charge in [-0.05, 0) is 92.5 Å². The zero-order chi connectivity index (χ0) is 33.6. The summed E-state index contributed by atoms with van der Waals surface area (Å²) in [5, 5.41) is 4.19. The quantitative estimate of drug-likeness (QED) is 0.165. The number of hydrogen-bond donors (Lipinski definition) is 1. The molecule has 1 N–H and O–H groups in total. The number of carbonyl (C=O) groups is 1. The first-order valence-electron chi connectivity index (χ1n) is 15.9. The Hall–Kier alpha value is -5.16. The smallest absolute Gasteiger partial charge is 0.280 e. The third kappa shape index (κ3) is 8.03. The molecule has 0 saturated carbocycles. The highest BCUT2D eigenvalue weighted by Crippen LogP contribution is 2.22. The molecular formula is C37H35F3N6O2. The standard InChI is InChI=1S/C37H35F3N6O2/c1-45-15-12-28(13-16-45)43-33-11-8-25(19-31(33)40)21-35-42-22-27-18-24(7-10-32(27)44-35)4-2-3-5-34(47)36-37(48)46(17-14-41-36)23-26-6-9-29(38)30(39)20-26/h2,4,6-11,14,17-20,22,28,43H,3,5,12-13,15-16,21,23H2,1H3/b4-2+. The molecule has 2 aromatic heterocycles. The van der Waals surface area contributed by atoms with Gasteiger partial charge in [-0.25, -0.2) is 28.1 Å². The van der Waals surface area contributed by atoms with E-state index in [1.807, 2.05) is 36.4 Å². The molecular weight excluding hydrogens is 617 g/mol. The SMILES string of the molecule is CN1CCC(Nc2ccc(Cc3ncc4cc(/C=C/CCC(=O)c5nccn(Cc6ccc(F)c(F)c6)c5=O)ccc4n3)cc2F)CC1. The number of allylic oxidation sites excluding steroid dienone is 1. The zero-order valence-electron chi connectivity index (χ0n) is 26.5. The van der Waals surface area contributed by atoms with Crippen LogP contribution in [-0.4, -0.2) is 56.4 Å². The molecule has 11 heteroatoms. The van der Waals surface area contributed by atoms with Gasteiger partial charge in [0, 0.05) is 42.9 Å². The molecule has 246 valence electrons. The molecule has 0 amide bonds. The minimum atomic E-state index is -1.01. The number of ketones is 1. The summed E-state index contributed by atoms with van der Waals surface area (Å²) >= 11 is 0. The van der Waals surface area contributed by atoms with Crippen molar-refractivity contribution in [2.24, 2.45) is 0 Å². The third-order valence-electron chi connectivity index (χ3n) is 8.49. The van der Waals surface area contributed by atoms with Crippen LogP contribution in [0.3, 0.4) is 0 Å². The van der Waals surface area contributed by atoms with Crippen LogP contribution in [-0.2, 0) is 13.0 Å². The highest BCUT2D eigenvalue weighted by Gasteiger charge is 2.18. The number of halogens is 3. The van der Waals surface area contributed by atoms with Crippen molar-refractivity contribution in [2.75, 3.05) is 25.5 Å². The fourth-order valence-corrected chi connectivity index (χ4v) is 5.77. The van der Waals surface area contributed by atoms with Gasteiger partial charge in [0.1, 0.15) is 11.6 Å². The van der Waals surface area contributed by atoms with E-state index in [-0.39, 0.29) is 30.5 Å². The van der Waals surface area contributed by atoms with Crippen LogP contribution in [0, 0.1) is 17.5 Å². The number of nitrogens with one attached hydrogen (secondary N) is 1. The van der Waals surface area contributed by atoms with E-state index in [2.05, 4.69) is 32.2 Å². The lowest BCUT2D eigenvalue weighted by atomic mass is 10.0. The molecule has 0 bridgehead atoms. The summed E-state index contributed by atoms with van der Waals surface area (Å²) < 4.78 is 43.0. The summed E-state index contributed by atoms with van der Waals surface area (Å²) in [6.07, 6.45) is 11.1. The normalized spacial score (nSPS) is 14.2. The molecule has 0 aliphatic carbocycles. The fraction of sp³-hybridized carbons (Fsp3) is 0.270. The van der Waals surface area contributed by atoms with E-state index in [0.717, 1.165) is 60.1 Å². The molecule has 1 saturated heterocycles. The third-order valence-corrected chi connectivity index (χ3v) is 8.49. The lowest BCUT2D eigenvalue weighted by molar-refractivity contribution is 0.0976. The predicted octanol–water partition coefficient (Wildman–Crippen LogP) is 6.43. The Morgan fingerprint density at radius 1 is 0.958 bits per heavy atom. The number of likely N-dealkylation sites (tertiary alicyclic amines) is 1. The van der Waals surface area contributed by atoms with Gasteiger partial charge in [-0.2, -0.15) is 0 Å². The second kappa shape index (κ2) is 14.7. The molecule has 1 aliphatic rings. The number of anilines is 1. The highest BCUT2D eigenvalue weighted by molar-refractivity contribution is 5.94. The maximum Gasteiger partial charge on any atom is 0.280 e. The number of hydrogen-bond acceptors (Lipinski definition) is 7. The first-order chi connectivity index (χ1) is 23.2. The van der Waals surface area contributed by atoms with Crippen LogP contribution in [0.25, 0.3) is 17.0 Å². The van der Waals surface area contributed by atoms with Gasteiger partial charge in [0.25, 0.3) is 5.56 Å². The van der Waals surface area contributed by atoms with Crippen molar-refractivity contribution >= 4 is 28.4 Å². The summed E-state index contributed by atoms with van der Waals surface area (Å²) in [4.78, 5) is 41.0. The average molecular weight is 653 g/mol. The van der Waals surface area contributed by atoms with Crippen LogP contribution >= 0.6 is 0 Å². The molecule has 1 aliphatic heterocycles. The first kappa shape index (κ1) is 32.8. The summed E-state index contributed by atoms with van der Waals surface area (Å²) in [5.41, 5.74) is 2.58. The van der Waals surface area contributed by atoms with E-state index in [1.165, 1.54) is 23.0 Å². The number of benzene rings is 3. The fourth-order valence-electron chi connectivity index (χ4n) is 5.77. The van der Waals surface area contributed by atoms with Gasteiger partial charge in [-0.1, -0.05) is 30.4 Å². The maximum atomic E-state index is 14.9. The van der Waals surface area contributed by atoms with Crippen LogP contribution in [0.4, 0.5) is 18.9 Å². The van der Waals surface area contributed by atoms with E-state index >= 15 is 0 Å². The van der Waals surface area contributed by atoms with Crippen LogP contribution in [0.1, 0.15) is 58.7 Å². The number of nitrogens with zero attached hydrogens (tertiary/aromatic N) is 5. The van der Waals surface area contributed by atoms with Gasteiger partial charge in [-0.15, -0.1) is 0 Å². The molecule has 48 heavy (non-hydrogen) atoms. The van der Waals surface area contributed by atoms with Crippen LogP contribution < -0.4 is 10.9 Å². The van der Waals surface area contributed by atoms with Gasteiger partial charge < -0.3 is 14.8 Å². The highest BCUT2D eigenvalue weighted by atomic mass is 19.2. The molecule has 0 spiro atoms. The van der Waals surface area contributed by atoms with Gasteiger partial charge in [0.15, 0.2) is 23.1 Å². The van der Waals surface area contributed by atoms with Crippen LogP contribution in [0.15, 0.2) is 84.1 Å². The van der Waals surface area contributed by atoms with E-state index in [0.29, 0.717) is 29.9 Å². The average Bonchev–Trinajstić information content (AvgIpc) is 3.08. The van der Waals surface area contributed by atoms with E-state index < -0.39 is 23.0 Å². The summed E-state index contributed by atoms with van der Waals surface area (Å²) in [6, 6.07) is 14.7. The Morgan fingerprint density at radius 3 is 2.54 bits per heavy atom. The summed E-state index contributed by atoms with van der Waals surface area (Å²) in [5.74, 6) is -2.07. The van der Waals surface area contributed by atoms with Gasteiger partial charge in [0.2, 0.25) is 0 Å². The number of rotatable bonds is 11. The molecule has 8 nitrogen and oxygen atoms in total. The Labute approximate surface area is 276 Å². The van der Waals surface area contributed by atoms with Gasteiger partial charge in [-0.3, -0.25) is 9.59 Å². The topological polar surface area (TPSA) is 93.0 Å². The number of fused-ring (bicyclic) bond motifs is 1. The lowest BCUT2D eigenvalue weighted by Gasteiger charge is -2.30. The Bertz CT molecular complexity index is 2040. The maximum absolute atomic E-state index is 14.9. The van der Waals surface area contributed by atoms with Crippen molar-refractivity contribution in [1.29, 1.82) is 0 Å². The summed E-state index contributed by atoms with van der Waals surface area (Å²) in [6.45, 7) is 1.98. The van der Waals surface area contributed by atoms with Gasteiger partial charge in [0.05, 0.1) is 17.7 Å². The lowest BCUT2D eigenvalue weighted by Crippen LogP contribution is -2.36. The van der Waals surface area contributed by atoms with Crippen molar-refractivity contribution in [1.82, 2.24) is 24.4 Å². The van der Waals surface area contributed by atoms with Crippen molar-refractivity contribution in [2.45, 2.75) is 44.7 Å². The number of Topliss-reactive ketones (excluding diaryl/α,β-unsaturated/α-hetero) is 1. The van der Waals surface area contributed by atoms with E-state index in [9.17, 15) is 22.8 Å². The molecule has 0 atom stereocenters. The Morgan fingerprint density at radius 2 is 1.75 bits per heavy atom. The van der Waals surface area contributed by atoms with E-state index in [4.69, 9.17) is 0 Å². The van der Waals surface area contributed by atoms with E-state index in [1.54, 1.807) is 18.3 Å². The molecule has 0 unspecified atom stereocenters. The first-order valence-corrected chi connectivity index (χ1v) is 15.9. The number of piperidine rings is 1. The molecule has 3 aromatic carbocycles. The molecule has 0 radical (unpaired) electrons. The zero-order valence-corrected chi connectivity index (χ0v) is 26.5. The Kier molecular flexibility index (Phi) is 10.1. The molecule has 5 aromatic rings. The van der Waals surface area contributed by atoms with Gasteiger partial charge >= 0.3 is 0 Å². The monoisotopic (exact) mass is 652 g/mol. The van der Waals surface area contributed by atoms with Crippen molar-refractivity contribution < 1.29 is 18.0 Å². The predicted molar refractivity (Wildman–Crippen MR) is 179 cm³/mol. The number of aromatic nitrogens is 4. The molecule has 6 rings (SSSR count). The largest absolute Gasteiger partial charge is 0.380 e. The van der Waals surface area contributed by atoms with Crippen molar-refractivity contribution in [3.8, 4) is 0 Å². The van der Waals surface area contributed by atoms with Crippen LogP contribution in [0.2, 0.25) is 0 Å². The molecule has 3 heterocycles. The number of carbonyl (C=O) groups excluding carboxylic acids is 1. The van der Waals surface area contributed by atoms with Crippen molar-refractivity contribution in [3.05, 3.63) is 135 Å². The van der Waals surface area contributed by atoms with Crippen molar-refractivity contribution in [3.63, 3.8) is 0 Å². The minimum absolute atomic E-state index is 0.0198. The second-order valence-electron chi connectivity index (χ2n) is 12.1. The minimum Gasteiger partial charge on any atom is -0.380 e. The molecule has 1 fully saturated rings. The second-order valence-corrected chi connectivity index (χ2v) is 12.1. The summed E-state index contributed by atoms with van der Waals surface area (Å²) in [7, 11) is 2.10. The Balaban J connectivity index is 1.03.